The van der Waals surface area contributed by atoms with E-state index in [0.717, 1.165) is 0 Å². The molecule has 30 heavy (non-hydrogen) atoms. The van der Waals surface area contributed by atoms with Crippen molar-refractivity contribution < 1.29 is 0 Å². The first kappa shape index (κ1) is 24.9. The van der Waals surface area contributed by atoms with Crippen LogP contribution in [0, 0.1) is 41.5 Å². The zero-order chi connectivity index (χ0) is 22.2. The van der Waals surface area contributed by atoms with Crippen LogP contribution < -0.4 is 0 Å². The first-order valence-electron chi connectivity index (χ1n) is 10.5. The lowest BCUT2D eigenvalue weighted by Crippen LogP contribution is -1.82. The predicted molar refractivity (Wildman–Crippen MR) is 134 cm³/mol. The summed E-state index contributed by atoms with van der Waals surface area (Å²) in [5, 5.41) is 0. The maximum absolute atomic E-state index is 2.16. The van der Waals surface area contributed by atoms with E-state index in [1.54, 1.807) is 0 Å². The van der Waals surface area contributed by atoms with Crippen LogP contribution >= 0.6 is 0 Å². The fraction of sp³-hybridized carbons (Fsp3) is 0.200. The molecule has 0 aromatic heterocycles. The summed E-state index contributed by atoms with van der Waals surface area (Å²) in [4.78, 5) is 0. The molecule has 0 heterocycles. The van der Waals surface area contributed by atoms with Crippen LogP contribution in [0.15, 0.2) is 109 Å². The summed E-state index contributed by atoms with van der Waals surface area (Å²) in [7, 11) is 0. The van der Waals surface area contributed by atoms with Crippen molar-refractivity contribution in [3.05, 3.63) is 143 Å². The minimum Gasteiger partial charge on any atom is -0.0623 e. The van der Waals surface area contributed by atoms with Gasteiger partial charge in [-0.15, -0.1) is 0 Å². The maximum atomic E-state index is 2.16. The van der Waals surface area contributed by atoms with E-state index in [0.29, 0.717) is 0 Å². The zero-order valence-electron chi connectivity index (χ0n) is 19.4. The molecule has 0 bridgehead atoms. The van der Waals surface area contributed by atoms with Crippen molar-refractivity contribution in [2.24, 2.45) is 0 Å². The van der Waals surface area contributed by atoms with Gasteiger partial charge in [0.15, 0.2) is 0 Å². The summed E-state index contributed by atoms with van der Waals surface area (Å²) in [5.74, 6) is 0. The van der Waals surface area contributed by atoms with E-state index in [9.17, 15) is 0 Å². The second-order valence-corrected chi connectivity index (χ2v) is 7.41. The maximum Gasteiger partial charge on any atom is -0.0392 e. The molecular weight excluding hydrogens is 360 g/mol. The standard InChI is InChI=1S/C9H12.C8H10.C7H8.C6H6/c1-7-5-4-6-8(2)9(7)3;1-7-5-3-4-6-8(7)2;1-7-5-3-2-4-6-7;1-2-4-6-5-3-1/h4-6H,1-3H3;3-6H,1-2H3;2-6H,1H3;1-6H. The molecular formula is C30H36. The molecule has 0 nitrogen and oxygen atoms in total. The van der Waals surface area contributed by atoms with Gasteiger partial charge in [0.1, 0.15) is 0 Å². The fourth-order valence-corrected chi connectivity index (χ4v) is 2.48. The van der Waals surface area contributed by atoms with Crippen molar-refractivity contribution in [1.29, 1.82) is 0 Å². The SMILES string of the molecule is Cc1cccc(C)c1C.Cc1ccccc1.Cc1ccccc1C.c1ccccc1. The summed E-state index contributed by atoms with van der Waals surface area (Å²) < 4.78 is 0. The molecule has 156 valence electrons. The molecule has 4 rings (SSSR count). The third-order valence-corrected chi connectivity index (χ3v) is 4.91. The van der Waals surface area contributed by atoms with E-state index in [1.165, 1.54) is 33.4 Å². The predicted octanol–water partition coefficient (Wildman–Crippen LogP) is 8.60. The van der Waals surface area contributed by atoms with Crippen LogP contribution in [0.3, 0.4) is 0 Å². The third kappa shape index (κ3) is 11.0. The molecule has 0 amide bonds. The Hall–Kier alpha value is -3.12. The van der Waals surface area contributed by atoms with Crippen molar-refractivity contribution in [3.63, 3.8) is 0 Å². The Labute approximate surface area is 184 Å². The number of rotatable bonds is 0. The van der Waals surface area contributed by atoms with Gasteiger partial charge in [-0.05, 0) is 69.4 Å². The van der Waals surface area contributed by atoms with Gasteiger partial charge in [-0.2, -0.15) is 0 Å². The zero-order valence-corrected chi connectivity index (χ0v) is 19.4. The Balaban J connectivity index is 0.000000202. The van der Waals surface area contributed by atoms with Crippen LogP contribution in [-0.2, 0) is 0 Å². The number of benzene rings is 4. The second kappa shape index (κ2) is 14.8. The van der Waals surface area contributed by atoms with E-state index in [-0.39, 0.29) is 0 Å². The van der Waals surface area contributed by atoms with Gasteiger partial charge in [0.05, 0.1) is 0 Å². The van der Waals surface area contributed by atoms with Gasteiger partial charge in [-0.1, -0.05) is 115 Å². The minimum atomic E-state index is 1.32. The van der Waals surface area contributed by atoms with Crippen molar-refractivity contribution in [2.75, 3.05) is 0 Å². The molecule has 0 fully saturated rings. The molecule has 0 unspecified atom stereocenters. The molecule has 0 saturated heterocycles. The summed E-state index contributed by atoms with van der Waals surface area (Å²) in [6.07, 6.45) is 0. The second-order valence-electron chi connectivity index (χ2n) is 7.41. The lowest BCUT2D eigenvalue weighted by molar-refractivity contribution is 1.27. The smallest absolute Gasteiger partial charge is 0.0392 e. The van der Waals surface area contributed by atoms with Gasteiger partial charge < -0.3 is 0 Å². The Kier molecular flexibility index (Phi) is 12.3. The molecule has 0 aliphatic heterocycles. The molecule has 0 aliphatic rings. The van der Waals surface area contributed by atoms with Gasteiger partial charge in [0.25, 0.3) is 0 Å². The number of hydrogen-bond acceptors (Lipinski definition) is 0. The van der Waals surface area contributed by atoms with Crippen LogP contribution in [0.4, 0.5) is 0 Å². The van der Waals surface area contributed by atoms with E-state index in [2.05, 4.69) is 96.1 Å². The molecule has 0 aliphatic carbocycles. The first-order chi connectivity index (χ1) is 14.4. The Bertz CT molecular complexity index is 870. The highest BCUT2D eigenvalue weighted by Crippen LogP contribution is 2.10. The largest absolute Gasteiger partial charge is 0.0623 e. The van der Waals surface area contributed by atoms with E-state index < -0.39 is 0 Å². The topological polar surface area (TPSA) is 0 Å². The fourth-order valence-electron chi connectivity index (χ4n) is 2.48. The average Bonchev–Trinajstić information content (AvgIpc) is 2.77. The van der Waals surface area contributed by atoms with Crippen LogP contribution in [0.5, 0.6) is 0 Å². The van der Waals surface area contributed by atoms with Crippen LogP contribution in [0.1, 0.15) is 33.4 Å². The van der Waals surface area contributed by atoms with Crippen molar-refractivity contribution >= 4 is 0 Å². The molecule has 4 aromatic rings. The van der Waals surface area contributed by atoms with Crippen molar-refractivity contribution in [3.8, 4) is 0 Å². The quantitative estimate of drug-likeness (QED) is 0.279. The Morgan fingerprint density at radius 1 is 0.300 bits per heavy atom. The average molecular weight is 397 g/mol. The van der Waals surface area contributed by atoms with Crippen LogP contribution in [0.2, 0.25) is 0 Å². The summed E-state index contributed by atoms with van der Waals surface area (Å²) in [6, 6.07) is 37.0. The van der Waals surface area contributed by atoms with Crippen LogP contribution in [-0.4, -0.2) is 0 Å². The molecule has 0 radical (unpaired) electrons. The highest BCUT2D eigenvalue weighted by atomic mass is 14.0. The monoisotopic (exact) mass is 396 g/mol. The number of hydrogen-bond donors (Lipinski definition) is 0. The highest BCUT2D eigenvalue weighted by Gasteiger charge is 1.91. The van der Waals surface area contributed by atoms with Gasteiger partial charge in [-0.3, -0.25) is 0 Å². The van der Waals surface area contributed by atoms with Gasteiger partial charge in [0.2, 0.25) is 0 Å². The van der Waals surface area contributed by atoms with Gasteiger partial charge in [0, 0.05) is 0 Å². The molecule has 0 saturated carbocycles. The van der Waals surface area contributed by atoms with E-state index in [4.69, 9.17) is 0 Å². The summed E-state index contributed by atoms with van der Waals surface area (Å²) in [5.41, 5.74) is 8.24. The molecule has 0 atom stereocenters. The lowest BCUT2D eigenvalue weighted by atomic mass is 10.1. The van der Waals surface area contributed by atoms with Gasteiger partial charge >= 0.3 is 0 Å². The van der Waals surface area contributed by atoms with Crippen molar-refractivity contribution in [2.45, 2.75) is 41.5 Å². The Morgan fingerprint density at radius 2 is 0.600 bits per heavy atom. The third-order valence-electron chi connectivity index (χ3n) is 4.91. The summed E-state index contributed by atoms with van der Waals surface area (Å²) in [6.45, 7) is 12.8. The lowest BCUT2D eigenvalue weighted by Gasteiger charge is -2.00. The molecule has 0 heteroatoms. The highest BCUT2D eigenvalue weighted by molar-refractivity contribution is 5.31. The van der Waals surface area contributed by atoms with Crippen LogP contribution in [0.25, 0.3) is 0 Å². The summed E-state index contributed by atoms with van der Waals surface area (Å²) >= 11 is 0. The number of aryl methyl sites for hydroxylation is 5. The minimum absolute atomic E-state index is 1.32. The molecule has 4 aromatic carbocycles. The Morgan fingerprint density at radius 3 is 0.867 bits per heavy atom. The van der Waals surface area contributed by atoms with E-state index in [1.807, 2.05) is 54.6 Å². The van der Waals surface area contributed by atoms with E-state index >= 15 is 0 Å². The first-order valence-corrected chi connectivity index (χ1v) is 10.5. The van der Waals surface area contributed by atoms with Crippen molar-refractivity contribution in [1.82, 2.24) is 0 Å². The normalized spacial score (nSPS) is 9.00. The van der Waals surface area contributed by atoms with Gasteiger partial charge in [-0.25, -0.2) is 0 Å². The molecule has 0 spiro atoms. The molecule has 0 N–H and O–H groups in total.